The van der Waals surface area contributed by atoms with Gasteiger partial charge in [-0.05, 0) is 20.8 Å². The number of carbonyl (C=O) groups is 1. The maximum absolute atomic E-state index is 8.78. The highest BCUT2D eigenvalue weighted by molar-refractivity contribution is 6.36. The van der Waals surface area contributed by atoms with Gasteiger partial charge in [-0.2, -0.15) is 0 Å². The third kappa shape index (κ3) is 17.5. The summed E-state index contributed by atoms with van der Waals surface area (Å²) in [6.07, 6.45) is -1.33. The molecule has 0 fully saturated rings. The Balaban J connectivity index is 0. The first-order chi connectivity index (χ1) is 6.58. The molecule has 0 aromatic carbocycles. The summed E-state index contributed by atoms with van der Waals surface area (Å²) in [6, 6.07) is 0. The molecule has 0 aromatic heterocycles. The van der Waals surface area contributed by atoms with Crippen LogP contribution in [-0.2, 0) is 13.3 Å². The van der Waals surface area contributed by atoms with Gasteiger partial charge >= 0.3 is 15.6 Å². The zero-order valence-electron chi connectivity index (χ0n) is 8.86. The summed E-state index contributed by atoms with van der Waals surface area (Å²) in [4.78, 5) is 8.78. The second-order valence-corrected chi connectivity index (χ2v) is 3.57. The van der Waals surface area contributed by atoms with Crippen LogP contribution in [0.3, 0.4) is 0 Å². The van der Waals surface area contributed by atoms with Crippen molar-refractivity contribution >= 4 is 15.6 Å². The van der Waals surface area contributed by atoms with Gasteiger partial charge in [-0.15, -0.1) is 0 Å². The van der Waals surface area contributed by atoms with E-state index in [2.05, 4.69) is 5.73 Å². The lowest BCUT2D eigenvalue weighted by Crippen LogP contribution is -2.27. The molecule has 3 N–H and O–H groups in total. The van der Waals surface area contributed by atoms with E-state index < -0.39 is 15.6 Å². The zero-order valence-corrected chi connectivity index (χ0v) is 10.0. The Hall–Kier alpha value is -0.633. The molecule has 0 radical (unpaired) electrons. The van der Waals surface area contributed by atoms with Crippen molar-refractivity contribution in [3.8, 4) is 0 Å². The van der Waals surface area contributed by atoms with Gasteiger partial charge in [0.2, 0.25) is 0 Å². The lowest BCUT2D eigenvalue weighted by molar-refractivity contribution is 0.107. The summed E-state index contributed by atoms with van der Waals surface area (Å²) >= 11 is 0. The SMILES string of the molecule is CCO[SiH](OCC)OCC.NC(=O)O. The maximum atomic E-state index is 8.78. The second-order valence-electron chi connectivity index (χ2n) is 1.99. The van der Waals surface area contributed by atoms with Crippen LogP contribution in [0.1, 0.15) is 20.8 Å². The van der Waals surface area contributed by atoms with Crippen LogP contribution in [-0.4, -0.2) is 40.5 Å². The van der Waals surface area contributed by atoms with Gasteiger partial charge in [0.15, 0.2) is 0 Å². The van der Waals surface area contributed by atoms with Gasteiger partial charge in [-0.1, -0.05) is 0 Å². The number of hydrogen-bond acceptors (Lipinski definition) is 4. The fraction of sp³-hybridized carbons (Fsp3) is 0.857. The van der Waals surface area contributed by atoms with Gasteiger partial charge in [-0.3, -0.25) is 0 Å². The highest BCUT2D eigenvalue weighted by Gasteiger charge is 2.11. The Morgan fingerprint density at radius 1 is 1.14 bits per heavy atom. The molecule has 0 atom stereocenters. The monoisotopic (exact) mass is 225 g/mol. The zero-order chi connectivity index (χ0) is 11.4. The molecule has 0 spiro atoms. The summed E-state index contributed by atoms with van der Waals surface area (Å²) in [5, 5.41) is 7.19. The number of hydrogen-bond donors (Lipinski definition) is 2. The third-order valence-corrected chi connectivity index (χ3v) is 2.72. The molecule has 0 heterocycles. The summed E-state index contributed by atoms with van der Waals surface area (Å²) in [7, 11) is -1.73. The van der Waals surface area contributed by atoms with Crippen molar-refractivity contribution in [3.05, 3.63) is 0 Å². The normalized spacial score (nSPS) is 9.43. The minimum Gasteiger partial charge on any atom is -0.465 e. The van der Waals surface area contributed by atoms with Crippen molar-refractivity contribution < 1.29 is 23.2 Å². The molecule has 14 heavy (non-hydrogen) atoms. The first kappa shape index (κ1) is 15.8. The van der Waals surface area contributed by atoms with Crippen LogP contribution in [0, 0.1) is 0 Å². The minimum absolute atomic E-state index is 0.677. The Bertz CT molecular complexity index is 117. The molecule has 1 amide bonds. The van der Waals surface area contributed by atoms with Crippen molar-refractivity contribution in [1.29, 1.82) is 0 Å². The lowest BCUT2D eigenvalue weighted by Gasteiger charge is -2.12. The van der Waals surface area contributed by atoms with Gasteiger partial charge in [0.1, 0.15) is 0 Å². The molecule has 0 aliphatic rings. The van der Waals surface area contributed by atoms with Crippen molar-refractivity contribution in [2.45, 2.75) is 20.8 Å². The smallest absolute Gasteiger partial charge is 0.465 e. The molecule has 7 heteroatoms. The van der Waals surface area contributed by atoms with E-state index in [0.29, 0.717) is 19.8 Å². The average molecular weight is 225 g/mol. The van der Waals surface area contributed by atoms with E-state index in [4.69, 9.17) is 23.2 Å². The highest BCUT2D eigenvalue weighted by Crippen LogP contribution is 1.90. The molecule has 6 nitrogen and oxygen atoms in total. The van der Waals surface area contributed by atoms with Crippen LogP contribution < -0.4 is 5.73 Å². The molecule has 0 aromatic rings. The molecule has 86 valence electrons. The number of rotatable bonds is 6. The van der Waals surface area contributed by atoms with Gasteiger partial charge in [0.25, 0.3) is 0 Å². The van der Waals surface area contributed by atoms with Crippen LogP contribution in [0.2, 0.25) is 0 Å². The third-order valence-electron chi connectivity index (χ3n) is 0.908. The number of primary amides is 1. The molecule has 0 aliphatic heterocycles. The summed E-state index contributed by atoms with van der Waals surface area (Å²) in [6.45, 7) is 7.86. The molecule has 0 unspecified atom stereocenters. The summed E-state index contributed by atoms with van der Waals surface area (Å²) in [5.41, 5.74) is 4.03. The van der Waals surface area contributed by atoms with Crippen molar-refractivity contribution in [3.63, 3.8) is 0 Å². The Kier molecular flexibility index (Phi) is 14.0. The van der Waals surface area contributed by atoms with E-state index in [0.717, 1.165) is 0 Å². The molecule has 0 rings (SSSR count). The van der Waals surface area contributed by atoms with Gasteiger partial charge < -0.3 is 24.1 Å². The Labute approximate surface area is 85.9 Å². The number of nitrogens with two attached hydrogens (primary N) is 1. The van der Waals surface area contributed by atoms with Gasteiger partial charge in [0, 0.05) is 19.8 Å². The quantitative estimate of drug-likeness (QED) is 0.640. The summed E-state index contributed by atoms with van der Waals surface area (Å²) < 4.78 is 15.7. The number of carboxylic acid groups (broad SMARTS) is 1. The largest absolute Gasteiger partial charge is 0.484 e. The van der Waals surface area contributed by atoms with E-state index in [9.17, 15) is 0 Å². The van der Waals surface area contributed by atoms with E-state index in [1.807, 2.05) is 20.8 Å². The fourth-order valence-corrected chi connectivity index (χ4v) is 1.66. The van der Waals surface area contributed by atoms with Crippen molar-refractivity contribution in [2.75, 3.05) is 19.8 Å². The topological polar surface area (TPSA) is 91.0 Å². The highest BCUT2D eigenvalue weighted by atomic mass is 28.3. The first-order valence-corrected chi connectivity index (χ1v) is 5.83. The van der Waals surface area contributed by atoms with E-state index >= 15 is 0 Å². The maximum Gasteiger partial charge on any atom is 0.484 e. The van der Waals surface area contributed by atoms with Gasteiger partial charge in [0.05, 0.1) is 0 Å². The first-order valence-electron chi connectivity index (χ1n) is 4.41. The lowest BCUT2D eigenvalue weighted by atomic mass is 10.9. The number of amides is 1. The second kappa shape index (κ2) is 12.4. The van der Waals surface area contributed by atoms with Crippen LogP contribution >= 0.6 is 0 Å². The van der Waals surface area contributed by atoms with E-state index in [1.165, 1.54) is 0 Å². The Morgan fingerprint density at radius 3 is 1.50 bits per heavy atom. The molecule has 0 saturated carbocycles. The van der Waals surface area contributed by atoms with Crippen molar-refractivity contribution in [1.82, 2.24) is 0 Å². The molecule has 0 saturated heterocycles. The van der Waals surface area contributed by atoms with Crippen LogP contribution in [0.25, 0.3) is 0 Å². The predicted molar refractivity (Wildman–Crippen MR) is 54.2 cm³/mol. The van der Waals surface area contributed by atoms with E-state index in [-0.39, 0.29) is 0 Å². The summed E-state index contributed by atoms with van der Waals surface area (Å²) in [5.74, 6) is 0. The van der Waals surface area contributed by atoms with E-state index in [1.54, 1.807) is 0 Å². The van der Waals surface area contributed by atoms with Crippen LogP contribution in [0.15, 0.2) is 0 Å². The molecular weight excluding hydrogens is 206 g/mol. The standard InChI is InChI=1S/C6H16O3Si.CH3NO2/c1-4-7-10(8-5-2)9-6-3;2-1(3)4/h10H,4-6H2,1-3H3;2H2,(H,3,4). The molecule has 0 aliphatic carbocycles. The van der Waals surface area contributed by atoms with Gasteiger partial charge in [-0.25, -0.2) is 4.79 Å². The predicted octanol–water partition coefficient (Wildman–Crippen LogP) is 0.436. The van der Waals surface area contributed by atoms with Crippen molar-refractivity contribution in [2.24, 2.45) is 5.73 Å². The minimum atomic E-state index is -1.73. The Morgan fingerprint density at radius 2 is 1.36 bits per heavy atom. The fourth-order valence-electron chi connectivity index (χ4n) is 0.553. The van der Waals surface area contributed by atoms with Crippen LogP contribution in [0.5, 0.6) is 0 Å². The average Bonchev–Trinajstić information content (AvgIpc) is 2.04. The molecule has 0 bridgehead atoms. The molecular formula is C7H19NO5Si. The van der Waals surface area contributed by atoms with Crippen LogP contribution in [0.4, 0.5) is 4.79 Å².